The molecule has 2 aromatic carbocycles. The maximum Gasteiger partial charge on any atom is 0.387 e. The van der Waals surface area contributed by atoms with Crippen molar-refractivity contribution in [3.05, 3.63) is 70.3 Å². The van der Waals surface area contributed by atoms with E-state index in [0.717, 1.165) is 18.2 Å². The smallest absolute Gasteiger partial charge is 0.387 e. The maximum atomic E-state index is 12.7. The van der Waals surface area contributed by atoms with Crippen molar-refractivity contribution in [1.82, 2.24) is 14.9 Å². The number of para-hydroxylation sites is 1. The van der Waals surface area contributed by atoms with Gasteiger partial charge in [0.15, 0.2) is 0 Å². The van der Waals surface area contributed by atoms with Gasteiger partial charge in [0.25, 0.3) is 5.56 Å². The molecule has 1 amide bonds. The van der Waals surface area contributed by atoms with Gasteiger partial charge in [-0.3, -0.25) is 9.59 Å². The van der Waals surface area contributed by atoms with Crippen molar-refractivity contribution in [1.29, 1.82) is 0 Å². The van der Waals surface area contributed by atoms with E-state index in [9.17, 15) is 27.2 Å². The van der Waals surface area contributed by atoms with Gasteiger partial charge in [-0.25, -0.2) is 4.98 Å². The van der Waals surface area contributed by atoms with E-state index in [0.29, 0.717) is 10.9 Å². The molecule has 11 heteroatoms. The van der Waals surface area contributed by atoms with Crippen LogP contribution in [0.2, 0.25) is 0 Å². The van der Waals surface area contributed by atoms with Crippen LogP contribution in [0, 0.1) is 0 Å². The molecule has 0 spiro atoms. The topological polar surface area (TPSA) is 84.5 Å². The highest BCUT2D eigenvalue weighted by Crippen LogP contribution is 2.28. The van der Waals surface area contributed by atoms with Crippen LogP contribution in [-0.4, -0.2) is 40.5 Å². The van der Waals surface area contributed by atoms with Crippen molar-refractivity contribution < 1.29 is 31.8 Å². The van der Waals surface area contributed by atoms with Crippen LogP contribution in [0.1, 0.15) is 18.3 Å². The van der Waals surface area contributed by atoms with Gasteiger partial charge in [-0.15, -0.1) is 0 Å². The zero-order valence-corrected chi connectivity index (χ0v) is 17.3. The van der Waals surface area contributed by atoms with Crippen LogP contribution >= 0.6 is 0 Å². The van der Waals surface area contributed by atoms with Crippen molar-refractivity contribution in [3.8, 4) is 11.5 Å². The Balaban J connectivity index is 1.80. The summed E-state index contributed by atoms with van der Waals surface area (Å²) in [4.78, 5) is 33.2. The highest BCUT2D eigenvalue weighted by Gasteiger charge is 2.15. The van der Waals surface area contributed by atoms with Crippen molar-refractivity contribution >= 4 is 22.9 Å². The van der Waals surface area contributed by atoms with Gasteiger partial charge in [0.2, 0.25) is 5.91 Å². The molecule has 0 saturated heterocycles. The molecule has 1 aromatic heterocycles. The van der Waals surface area contributed by atoms with Gasteiger partial charge in [-0.2, -0.15) is 17.6 Å². The quantitative estimate of drug-likeness (QED) is 0.379. The van der Waals surface area contributed by atoms with Gasteiger partial charge < -0.3 is 19.4 Å². The van der Waals surface area contributed by atoms with Gasteiger partial charge >= 0.3 is 13.2 Å². The van der Waals surface area contributed by atoms with E-state index in [-0.39, 0.29) is 35.8 Å². The van der Waals surface area contributed by atoms with Gasteiger partial charge in [0.05, 0.1) is 17.4 Å². The molecule has 0 aliphatic carbocycles. The molecule has 0 bridgehead atoms. The molecule has 174 valence electrons. The lowest BCUT2D eigenvalue weighted by molar-refractivity contribution is -0.126. The number of benzene rings is 2. The Labute approximate surface area is 185 Å². The molecule has 0 unspecified atom stereocenters. The van der Waals surface area contributed by atoms with Crippen LogP contribution in [0.25, 0.3) is 17.0 Å². The fourth-order valence-electron chi connectivity index (χ4n) is 3.03. The van der Waals surface area contributed by atoms with Crippen LogP contribution in [-0.2, 0) is 11.3 Å². The number of halogens is 4. The standard InChI is InChI=1S/C22H19F4N3O4/c1-2-29(12-18-27-16-6-4-3-5-15(16)20(31)28-18)19(30)10-8-13-7-9-14(32-21(23)24)11-17(13)33-22(25)26/h3-11,21-22H,2,12H2,1H3,(H,27,28,31)/b10-8-. The molecule has 3 rings (SSSR count). The fraction of sp³-hybridized carbons (Fsp3) is 0.227. The maximum absolute atomic E-state index is 12.7. The molecule has 0 fully saturated rings. The van der Waals surface area contributed by atoms with Gasteiger partial charge in [-0.1, -0.05) is 12.1 Å². The Morgan fingerprint density at radius 1 is 1.12 bits per heavy atom. The molecule has 0 radical (unpaired) electrons. The van der Waals surface area contributed by atoms with E-state index in [1.807, 2.05) is 0 Å². The zero-order valence-electron chi connectivity index (χ0n) is 17.3. The third-order valence-corrected chi connectivity index (χ3v) is 4.53. The summed E-state index contributed by atoms with van der Waals surface area (Å²) < 4.78 is 58.7. The molecule has 1 N–H and O–H groups in total. The monoisotopic (exact) mass is 465 g/mol. The van der Waals surface area contributed by atoms with Gasteiger partial charge in [0.1, 0.15) is 17.3 Å². The Morgan fingerprint density at radius 3 is 2.55 bits per heavy atom. The number of fused-ring (bicyclic) bond motifs is 1. The lowest BCUT2D eigenvalue weighted by Gasteiger charge is -2.18. The van der Waals surface area contributed by atoms with Crippen LogP contribution in [0.5, 0.6) is 11.5 Å². The van der Waals surface area contributed by atoms with Gasteiger partial charge in [-0.05, 0) is 37.3 Å². The number of hydrogen-bond acceptors (Lipinski definition) is 5. The number of H-pyrrole nitrogens is 1. The number of aromatic nitrogens is 2. The highest BCUT2D eigenvalue weighted by molar-refractivity contribution is 5.92. The van der Waals surface area contributed by atoms with E-state index in [4.69, 9.17) is 0 Å². The minimum Gasteiger partial charge on any atom is -0.435 e. The predicted octanol–water partition coefficient (Wildman–Crippen LogP) is 4.19. The third-order valence-electron chi connectivity index (χ3n) is 4.53. The number of ether oxygens (including phenoxy) is 2. The summed E-state index contributed by atoms with van der Waals surface area (Å²) in [6, 6.07) is 9.98. The van der Waals surface area contributed by atoms with Crippen LogP contribution < -0.4 is 15.0 Å². The lowest BCUT2D eigenvalue weighted by atomic mass is 10.1. The van der Waals surface area contributed by atoms with Crippen molar-refractivity contribution in [2.75, 3.05) is 6.54 Å². The van der Waals surface area contributed by atoms with Crippen molar-refractivity contribution in [2.45, 2.75) is 26.7 Å². The van der Waals surface area contributed by atoms with Crippen LogP contribution in [0.4, 0.5) is 17.6 Å². The molecule has 0 aliphatic rings. The van der Waals surface area contributed by atoms with E-state index in [2.05, 4.69) is 19.4 Å². The minimum absolute atomic E-state index is 0.00129. The second-order valence-corrected chi connectivity index (χ2v) is 6.67. The summed E-state index contributed by atoms with van der Waals surface area (Å²) in [6.45, 7) is -4.37. The van der Waals surface area contributed by atoms with Gasteiger partial charge in [0, 0.05) is 24.3 Å². The molecule has 1 heterocycles. The lowest BCUT2D eigenvalue weighted by Crippen LogP contribution is -2.30. The molecular formula is C22H19F4N3O4. The molecular weight excluding hydrogens is 446 g/mol. The van der Waals surface area contributed by atoms with E-state index in [1.165, 1.54) is 17.0 Å². The zero-order chi connectivity index (χ0) is 24.0. The normalized spacial score (nSPS) is 11.5. The molecule has 0 saturated carbocycles. The van der Waals surface area contributed by atoms with Crippen LogP contribution in [0.15, 0.2) is 53.3 Å². The number of likely N-dealkylation sites (N-methyl/N-ethyl adjacent to an activating group) is 1. The number of carbonyl (C=O) groups is 1. The van der Waals surface area contributed by atoms with Crippen molar-refractivity contribution in [3.63, 3.8) is 0 Å². The number of nitrogens with one attached hydrogen (secondary N) is 1. The van der Waals surface area contributed by atoms with Crippen LogP contribution in [0.3, 0.4) is 0 Å². The predicted molar refractivity (Wildman–Crippen MR) is 112 cm³/mol. The molecule has 33 heavy (non-hydrogen) atoms. The number of alkyl halides is 4. The minimum atomic E-state index is -3.21. The number of rotatable bonds is 9. The first kappa shape index (κ1) is 23.8. The Bertz CT molecular complexity index is 1210. The number of carbonyl (C=O) groups excluding carboxylic acids is 1. The number of nitrogens with zero attached hydrogens (tertiary/aromatic N) is 2. The summed E-state index contributed by atoms with van der Waals surface area (Å²) >= 11 is 0. The van der Waals surface area contributed by atoms with E-state index in [1.54, 1.807) is 31.2 Å². The first-order valence-corrected chi connectivity index (χ1v) is 9.75. The summed E-state index contributed by atoms with van der Waals surface area (Å²) in [6.07, 6.45) is 2.33. The summed E-state index contributed by atoms with van der Waals surface area (Å²) in [5, 5.41) is 0.418. The third kappa shape index (κ3) is 6.31. The first-order valence-electron chi connectivity index (χ1n) is 9.75. The second-order valence-electron chi connectivity index (χ2n) is 6.67. The van der Waals surface area contributed by atoms with E-state index >= 15 is 0 Å². The number of amides is 1. The average molecular weight is 465 g/mol. The molecule has 0 atom stereocenters. The SMILES string of the molecule is CCN(Cc1nc2ccccc2c(=O)[nH]1)C(=O)/C=C\c1ccc(OC(F)F)cc1OC(F)F. The molecule has 7 nitrogen and oxygen atoms in total. The average Bonchev–Trinajstić information content (AvgIpc) is 2.76. The second kappa shape index (κ2) is 10.6. The highest BCUT2D eigenvalue weighted by atomic mass is 19.3. The van der Waals surface area contributed by atoms with E-state index < -0.39 is 24.9 Å². The van der Waals surface area contributed by atoms with Crippen molar-refractivity contribution in [2.24, 2.45) is 0 Å². The number of hydrogen-bond donors (Lipinski definition) is 1. The number of aromatic amines is 1. The summed E-state index contributed by atoms with van der Waals surface area (Å²) in [5.41, 5.74) is 0.197. The fourth-order valence-corrected chi connectivity index (χ4v) is 3.03. The molecule has 3 aromatic rings. The Morgan fingerprint density at radius 2 is 1.85 bits per heavy atom. The largest absolute Gasteiger partial charge is 0.435 e. The Hall–Kier alpha value is -3.89. The first-order chi connectivity index (χ1) is 15.8. The molecule has 0 aliphatic heterocycles. The Kier molecular flexibility index (Phi) is 7.65. The summed E-state index contributed by atoms with van der Waals surface area (Å²) in [7, 11) is 0. The summed E-state index contributed by atoms with van der Waals surface area (Å²) in [5.74, 6) is -1.02.